The van der Waals surface area contributed by atoms with Gasteiger partial charge in [0, 0.05) is 18.2 Å². The number of aromatic nitrogens is 2. The van der Waals surface area contributed by atoms with Crippen LogP contribution in [0.1, 0.15) is 32.0 Å². The Labute approximate surface area is 108 Å². The molecule has 1 heterocycles. The van der Waals surface area contributed by atoms with Gasteiger partial charge in [0.05, 0.1) is 11.2 Å². The smallest absolute Gasteiger partial charge is 0.122 e. The summed E-state index contributed by atoms with van der Waals surface area (Å²) >= 11 is 0. The SMILES string of the molecule is CC(C)(C)n1nc(Cc2cccc(N)c2)cc1N. The molecule has 0 unspecified atom stereocenters. The highest BCUT2D eigenvalue weighted by atomic mass is 15.3. The molecule has 2 rings (SSSR count). The van der Waals surface area contributed by atoms with Crippen molar-refractivity contribution in [1.82, 2.24) is 9.78 Å². The van der Waals surface area contributed by atoms with E-state index in [1.54, 1.807) is 0 Å². The van der Waals surface area contributed by atoms with Crippen molar-refractivity contribution in [2.45, 2.75) is 32.7 Å². The van der Waals surface area contributed by atoms with Gasteiger partial charge in [0.2, 0.25) is 0 Å². The number of benzene rings is 1. The van der Waals surface area contributed by atoms with Crippen LogP contribution >= 0.6 is 0 Å². The summed E-state index contributed by atoms with van der Waals surface area (Å²) in [5.41, 5.74) is 14.5. The van der Waals surface area contributed by atoms with Gasteiger partial charge in [-0.3, -0.25) is 0 Å². The van der Waals surface area contributed by atoms with Crippen LogP contribution in [0.25, 0.3) is 0 Å². The summed E-state index contributed by atoms with van der Waals surface area (Å²) in [6.07, 6.45) is 0.748. The average molecular weight is 244 g/mol. The highest BCUT2D eigenvalue weighted by Crippen LogP contribution is 2.20. The van der Waals surface area contributed by atoms with E-state index in [-0.39, 0.29) is 5.54 Å². The molecule has 0 radical (unpaired) electrons. The van der Waals surface area contributed by atoms with E-state index < -0.39 is 0 Å². The second-order valence-electron chi connectivity index (χ2n) is 5.56. The lowest BCUT2D eigenvalue weighted by molar-refractivity contribution is 0.359. The average Bonchev–Trinajstić information content (AvgIpc) is 2.59. The van der Waals surface area contributed by atoms with E-state index in [4.69, 9.17) is 11.5 Å². The van der Waals surface area contributed by atoms with Crippen molar-refractivity contribution in [2.24, 2.45) is 0 Å². The minimum atomic E-state index is -0.0992. The molecule has 0 spiro atoms. The van der Waals surface area contributed by atoms with E-state index in [0.29, 0.717) is 5.82 Å². The van der Waals surface area contributed by atoms with Crippen molar-refractivity contribution in [1.29, 1.82) is 0 Å². The molecule has 0 atom stereocenters. The molecule has 0 aliphatic carbocycles. The molecular formula is C14H20N4. The van der Waals surface area contributed by atoms with Gasteiger partial charge in [-0.1, -0.05) is 12.1 Å². The summed E-state index contributed by atoms with van der Waals surface area (Å²) in [7, 11) is 0. The molecule has 0 saturated heterocycles. The topological polar surface area (TPSA) is 69.9 Å². The Bertz CT molecular complexity index is 549. The zero-order valence-electron chi connectivity index (χ0n) is 11.1. The van der Waals surface area contributed by atoms with Gasteiger partial charge in [0.25, 0.3) is 0 Å². The van der Waals surface area contributed by atoms with Crippen LogP contribution in [-0.2, 0) is 12.0 Å². The van der Waals surface area contributed by atoms with E-state index in [1.165, 1.54) is 0 Å². The minimum Gasteiger partial charge on any atom is -0.399 e. The molecule has 1 aromatic heterocycles. The van der Waals surface area contributed by atoms with E-state index >= 15 is 0 Å². The Hall–Kier alpha value is -1.97. The number of anilines is 2. The van der Waals surface area contributed by atoms with Gasteiger partial charge in [0.1, 0.15) is 5.82 Å². The van der Waals surface area contributed by atoms with Crippen LogP contribution in [-0.4, -0.2) is 9.78 Å². The third kappa shape index (κ3) is 2.64. The van der Waals surface area contributed by atoms with E-state index in [9.17, 15) is 0 Å². The Morgan fingerprint density at radius 3 is 2.44 bits per heavy atom. The molecule has 1 aromatic carbocycles. The Kier molecular flexibility index (Phi) is 3.03. The summed E-state index contributed by atoms with van der Waals surface area (Å²) in [6, 6.07) is 9.77. The lowest BCUT2D eigenvalue weighted by atomic mass is 10.1. The van der Waals surface area contributed by atoms with Crippen LogP contribution < -0.4 is 11.5 Å². The summed E-state index contributed by atoms with van der Waals surface area (Å²) < 4.78 is 1.86. The second kappa shape index (κ2) is 4.37. The predicted molar refractivity (Wildman–Crippen MR) is 75.3 cm³/mol. The molecule has 18 heavy (non-hydrogen) atoms. The Balaban J connectivity index is 2.26. The molecular weight excluding hydrogens is 224 g/mol. The molecule has 0 aliphatic rings. The van der Waals surface area contributed by atoms with Gasteiger partial charge < -0.3 is 11.5 Å². The van der Waals surface area contributed by atoms with Crippen molar-refractivity contribution in [3.05, 3.63) is 41.6 Å². The number of nitrogen functional groups attached to an aromatic ring is 2. The zero-order valence-corrected chi connectivity index (χ0v) is 11.1. The molecule has 0 fully saturated rings. The van der Waals surface area contributed by atoms with Crippen molar-refractivity contribution in [2.75, 3.05) is 11.5 Å². The van der Waals surface area contributed by atoms with Crippen LogP contribution in [0.15, 0.2) is 30.3 Å². The van der Waals surface area contributed by atoms with E-state index in [0.717, 1.165) is 23.4 Å². The normalized spacial score (nSPS) is 11.7. The van der Waals surface area contributed by atoms with Crippen LogP contribution in [0.4, 0.5) is 11.5 Å². The predicted octanol–water partition coefficient (Wildman–Crippen LogP) is 2.39. The van der Waals surface area contributed by atoms with Gasteiger partial charge in [-0.25, -0.2) is 4.68 Å². The summed E-state index contributed by atoms with van der Waals surface area (Å²) in [6.45, 7) is 6.25. The first kappa shape index (κ1) is 12.5. The fraction of sp³-hybridized carbons (Fsp3) is 0.357. The fourth-order valence-corrected chi connectivity index (χ4v) is 1.98. The monoisotopic (exact) mass is 244 g/mol. The van der Waals surface area contributed by atoms with Gasteiger partial charge in [-0.05, 0) is 38.5 Å². The van der Waals surface area contributed by atoms with Crippen molar-refractivity contribution < 1.29 is 0 Å². The molecule has 96 valence electrons. The molecule has 4 nitrogen and oxygen atoms in total. The second-order valence-corrected chi connectivity index (χ2v) is 5.56. The lowest BCUT2D eigenvalue weighted by Gasteiger charge is -2.20. The first-order valence-corrected chi connectivity index (χ1v) is 6.05. The quantitative estimate of drug-likeness (QED) is 0.797. The summed E-state index contributed by atoms with van der Waals surface area (Å²) in [5, 5.41) is 4.56. The summed E-state index contributed by atoms with van der Waals surface area (Å²) in [5.74, 6) is 0.696. The van der Waals surface area contributed by atoms with Gasteiger partial charge >= 0.3 is 0 Å². The van der Waals surface area contributed by atoms with Gasteiger partial charge in [-0.2, -0.15) is 5.10 Å². The summed E-state index contributed by atoms with van der Waals surface area (Å²) in [4.78, 5) is 0. The highest BCUT2D eigenvalue weighted by Gasteiger charge is 2.18. The molecule has 0 saturated carbocycles. The largest absolute Gasteiger partial charge is 0.399 e. The fourth-order valence-electron chi connectivity index (χ4n) is 1.98. The number of hydrogen-bond acceptors (Lipinski definition) is 3. The van der Waals surface area contributed by atoms with Crippen LogP contribution in [0.3, 0.4) is 0 Å². The van der Waals surface area contributed by atoms with Crippen LogP contribution in [0, 0.1) is 0 Å². The molecule has 4 N–H and O–H groups in total. The molecule has 0 bridgehead atoms. The van der Waals surface area contributed by atoms with Crippen molar-refractivity contribution >= 4 is 11.5 Å². The number of nitrogens with zero attached hydrogens (tertiary/aromatic N) is 2. The zero-order chi connectivity index (χ0) is 13.3. The van der Waals surface area contributed by atoms with Crippen LogP contribution in [0.2, 0.25) is 0 Å². The Morgan fingerprint density at radius 2 is 1.89 bits per heavy atom. The maximum absolute atomic E-state index is 5.99. The minimum absolute atomic E-state index is 0.0992. The molecule has 4 heteroatoms. The molecule has 2 aromatic rings. The van der Waals surface area contributed by atoms with E-state index in [1.807, 2.05) is 35.0 Å². The van der Waals surface area contributed by atoms with E-state index in [2.05, 4.69) is 25.9 Å². The third-order valence-corrected chi connectivity index (χ3v) is 2.76. The number of rotatable bonds is 2. The van der Waals surface area contributed by atoms with Crippen LogP contribution in [0.5, 0.6) is 0 Å². The Morgan fingerprint density at radius 1 is 1.17 bits per heavy atom. The van der Waals surface area contributed by atoms with Gasteiger partial charge in [0.15, 0.2) is 0 Å². The highest BCUT2D eigenvalue weighted by molar-refractivity contribution is 5.42. The number of hydrogen-bond donors (Lipinski definition) is 2. The van der Waals surface area contributed by atoms with Gasteiger partial charge in [-0.15, -0.1) is 0 Å². The molecule has 0 amide bonds. The first-order valence-electron chi connectivity index (χ1n) is 6.05. The lowest BCUT2D eigenvalue weighted by Crippen LogP contribution is -2.24. The number of nitrogens with two attached hydrogens (primary N) is 2. The molecule has 0 aliphatic heterocycles. The van der Waals surface area contributed by atoms with Crippen molar-refractivity contribution in [3.63, 3.8) is 0 Å². The maximum Gasteiger partial charge on any atom is 0.122 e. The first-order chi connectivity index (χ1) is 8.36. The third-order valence-electron chi connectivity index (χ3n) is 2.76. The van der Waals surface area contributed by atoms with Crippen molar-refractivity contribution in [3.8, 4) is 0 Å². The maximum atomic E-state index is 5.99. The standard InChI is InChI=1S/C14H20N4/c1-14(2,3)18-13(16)9-12(17-18)8-10-5-4-6-11(15)7-10/h4-7,9H,8,15-16H2,1-3H3.